The third-order valence-electron chi connectivity index (χ3n) is 1.96. The average Bonchev–Trinajstić information content (AvgIpc) is 2.72. The second-order valence-electron chi connectivity index (χ2n) is 4.74. The SMILES string of the molecule is CC(C)(C)OC=O.CCCCn1ncnc1CO. The Bertz CT molecular complexity index is 332. The van der Waals surface area contributed by atoms with Crippen molar-refractivity contribution in [3.63, 3.8) is 0 Å². The highest BCUT2D eigenvalue weighted by molar-refractivity contribution is 5.37. The van der Waals surface area contributed by atoms with E-state index in [1.165, 1.54) is 6.33 Å². The number of carbonyl (C=O) groups is 1. The third-order valence-corrected chi connectivity index (χ3v) is 1.96. The van der Waals surface area contributed by atoms with Crippen LogP contribution in [0.25, 0.3) is 0 Å². The third kappa shape index (κ3) is 7.78. The Morgan fingerprint density at radius 2 is 2.17 bits per heavy atom. The normalized spacial score (nSPS) is 10.5. The second-order valence-corrected chi connectivity index (χ2v) is 4.74. The van der Waals surface area contributed by atoms with Crippen LogP contribution in [0.4, 0.5) is 0 Å². The van der Waals surface area contributed by atoms with Gasteiger partial charge in [0.05, 0.1) is 0 Å². The minimum Gasteiger partial charge on any atom is -0.462 e. The molecule has 0 aliphatic carbocycles. The predicted molar refractivity (Wildman–Crippen MR) is 67.8 cm³/mol. The predicted octanol–water partition coefficient (Wildman–Crippen LogP) is 1.53. The fourth-order valence-corrected chi connectivity index (χ4v) is 1.05. The van der Waals surface area contributed by atoms with Gasteiger partial charge in [-0.15, -0.1) is 0 Å². The molecule has 0 atom stereocenters. The van der Waals surface area contributed by atoms with Crippen molar-refractivity contribution in [1.82, 2.24) is 14.8 Å². The van der Waals surface area contributed by atoms with Crippen molar-refractivity contribution in [3.05, 3.63) is 12.2 Å². The summed E-state index contributed by atoms with van der Waals surface area (Å²) in [4.78, 5) is 13.5. The number of aromatic nitrogens is 3. The first-order valence-electron chi connectivity index (χ1n) is 6.03. The van der Waals surface area contributed by atoms with Crippen molar-refractivity contribution in [2.24, 2.45) is 0 Å². The molecule has 0 saturated carbocycles. The standard InChI is InChI=1S/C7H13N3O.C5H10O2/c1-2-3-4-10-7(5-11)8-6-9-10;1-5(2,3)7-4-6/h6,11H,2-5H2,1H3;4H,1-3H3. The number of aliphatic hydroxyl groups excluding tert-OH is 1. The Labute approximate surface area is 108 Å². The van der Waals surface area contributed by atoms with Gasteiger partial charge in [0.1, 0.15) is 18.5 Å². The Kier molecular flexibility index (Phi) is 7.94. The number of hydrogen-bond acceptors (Lipinski definition) is 5. The van der Waals surface area contributed by atoms with Crippen molar-refractivity contribution in [3.8, 4) is 0 Å². The molecular weight excluding hydrogens is 234 g/mol. The van der Waals surface area contributed by atoms with Crippen LogP contribution in [-0.2, 0) is 22.7 Å². The van der Waals surface area contributed by atoms with E-state index >= 15 is 0 Å². The van der Waals surface area contributed by atoms with Crippen LogP contribution in [0.3, 0.4) is 0 Å². The first-order chi connectivity index (χ1) is 8.44. The highest BCUT2D eigenvalue weighted by Crippen LogP contribution is 2.02. The zero-order chi connectivity index (χ0) is 14.0. The van der Waals surface area contributed by atoms with Crippen LogP contribution in [0.1, 0.15) is 46.4 Å². The molecule has 1 N–H and O–H groups in total. The van der Waals surface area contributed by atoms with E-state index in [1.54, 1.807) is 4.68 Å². The number of carbonyl (C=O) groups excluding carboxylic acids is 1. The topological polar surface area (TPSA) is 77.2 Å². The van der Waals surface area contributed by atoms with Crippen molar-refractivity contribution >= 4 is 6.47 Å². The maximum absolute atomic E-state index is 9.60. The molecule has 1 aromatic rings. The summed E-state index contributed by atoms with van der Waals surface area (Å²) in [6.45, 7) is 8.87. The van der Waals surface area contributed by atoms with Gasteiger partial charge >= 0.3 is 0 Å². The highest BCUT2D eigenvalue weighted by atomic mass is 16.5. The first-order valence-corrected chi connectivity index (χ1v) is 6.03. The van der Waals surface area contributed by atoms with Crippen molar-refractivity contribution < 1.29 is 14.6 Å². The quantitative estimate of drug-likeness (QED) is 0.809. The van der Waals surface area contributed by atoms with Gasteiger partial charge in [0.25, 0.3) is 6.47 Å². The smallest absolute Gasteiger partial charge is 0.293 e. The summed E-state index contributed by atoms with van der Waals surface area (Å²) in [5.41, 5.74) is -0.318. The molecule has 1 heterocycles. The Balaban J connectivity index is 0.000000360. The molecule has 0 amide bonds. The van der Waals surface area contributed by atoms with E-state index in [0.29, 0.717) is 12.3 Å². The van der Waals surface area contributed by atoms with E-state index in [-0.39, 0.29) is 12.2 Å². The molecule has 0 aromatic carbocycles. The molecule has 0 aliphatic heterocycles. The Hall–Kier alpha value is -1.43. The molecule has 0 saturated heterocycles. The molecule has 0 spiro atoms. The lowest BCUT2D eigenvalue weighted by Crippen LogP contribution is -2.17. The molecule has 18 heavy (non-hydrogen) atoms. The van der Waals surface area contributed by atoms with Gasteiger partial charge < -0.3 is 9.84 Å². The maximum atomic E-state index is 9.60. The van der Waals surface area contributed by atoms with Crippen LogP contribution in [-0.4, -0.2) is 31.9 Å². The van der Waals surface area contributed by atoms with Crippen molar-refractivity contribution in [2.75, 3.05) is 0 Å². The number of hydrogen-bond donors (Lipinski definition) is 1. The molecule has 104 valence electrons. The second kappa shape index (κ2) is 8.63. The average molecular weight is 257 g/mol. The van der Waals surface area contributed by atoms with Gasteiger partial charge in [0.2, 0.25) is 0 Å². The van der Waals surface area contributed by atoms with Crippen LogP contribution in [0, 0.1) is 0 Å². The Morgan fingerprint density at radius 1 is 1.50 bits per heavy atom. The number of aryl methyl sites for hydroxylation is 1. The first kappa shape index (κ1) is 16.6. The fourth-order valence-electron chi connectivity index (χ4n) is 1.05. The number of rotatable bonds is 5. The largest absolute Gasteiger partial charge is 0.462 e. The number of unbranched alkanes of at least 4 members (excludes halogenated alkanes) is 1. The minimum atomic E-state index is -0.318. The summed E-state index contributed by atoms with van der Waals surface area (Å²) in [5.74, 6) is 0.651. The van der Waals surface area contributed by atoms with E-state index in [4.69, 9.17) is 5.11 Å². The lowest BCUT2D eigenvalue weighted by Gasteiger charge is -2.14. The van der Waals surface area contributed by atoms with Crippen LogP contribution < -0.4 is 0 Å². The minimum absolute atomic E-state index is 0.0241. The van der Waals surface area contributed by atoms with Gasteiger partial charge in [-0.05, 0) is 27.2 Å². The number of nitrogens with zero attached hydrogens (tertiary/aromatic N) is 3. The molecule has 1 rings (SSSR count). The van der Waals surface area contributed by atoms with E-state index < -0.39 is 0 Å². The number of aliphatic hydroxyl groups is 1. The molecule has 0 bridgehead atoms. The fraction of sp³-hybridized carbons (Fsp3) is 0.750. The van der Waals surface area contributed by atoms with Crippen LogP contribution in [0.5, 0.6) is 0 Å². The molecule has 6 heteroatoms. The van der Waals surface area contributed by atoms with Gasteiger partial charge in [-0.25, -0.2) is 9.67 Å². The summed E-state index contributed by atoms with van der Waals surface area (Å²) in [7, 11) is 0. The van der Waals surface area contributed by atoms with Gasteiger partial charge in [-0.3, -0.25) is 4.79 Å². The van der Waals surface area contributed by atoms with E-state index in [2.05, 4.69) is 21.7 Å². The van der Waals surface area contributed by atoms with E-state index in [9.17, 15) is 4.79 Å². The van der Waals surface area contributed by atoms with Crippen LogP contribution in [0.15, 0.2) is 6.33 Å². The summed E-state index contributed by atoms with van der Waals surface area (Å²) in [5, 5.41) is 12.8. The van der Waals surface area contributed by atoms with Crippen LogP contribution >= 0.6 is 0 Å². The lowest BCUT2D eigenvalue weighted by atomic mass is 10.2. The van der Waals surface area contributed by atoms with Gasteiger partial charge in [0.15, 0.2) is 5.82 Å². The Morgan fingerprint density at radius 3 is 2.56 bits per heavy atom. The summed E-state index contributed by atoms with van der Waals surface area (Å²) < 4.78 is 6.29. The maximum Gasteiger partial charge on any atom is 0.293 e. The zero-order valence-electron chi connectivity index (χ0n) is 11.6. The molecule has 0 unspecified atom stereocenters. The monoisotopic (exact) mass is 257 g/mol. The number of ether oxygens (including phenoxy) is 1. The lowest BCUT2D eigenvalue weighted by molar-refractivity contribution is -0.138. The van der Waals surface area contributed by atoms with Crippen molar-refractivity contribution in [2.45, 2.75) is 59.3 Å². The van der Waals surface area contributed by atoms with Gasteiger partial charge in [-0.1, -0.05) is 13.3 Å². The summed E-state index contributed by atoms with van der Waals surface area (Å²) in [6.07, 6.45) is 3.68. The van der Waals surface area contributed by atoms with Gasteiger partial charge in [0, 0.05) is 6.54 Å². The van der Waals surface area contributed by atoms with Crippen LogP contribution in [0.2, 0.25) is 0 Å². The molecule has 0 fully saturated rings. The molecule has 0 radical (unpaired) electrons. The summed E-state index contributed by atoms with van der Waals surface area (Å²) >= 11 is 0. The zero-order valence-corrected chi connectivity index (χ0v) is 11.6. The van der Waals surface area contributed by atoms with E-state index in [0.717, 1.165) is 19.4 Å². The summed E-state index contributed by atoms with van der Waals surface area (Å²) in [6, 6.07) is 0. The van der Waals surface area contributed by atoms with E-state index in [1.807, 2.05) is 20.8 Å². The van der Waals surface area contributed by atoms with Gasteiger partial charge in [-0.2, -0.15) is 5.10 Å². The molecular formula is C12H23N3O3. The highest BCUT2D eigenvalue weighted by Gasteiger charge is 2.07. The molecule has 0 aliphatic rings. The molecule has 1 aromatic heterocycles. The molecule has 6 nitrogen and oxygen atoms in total. The van der Waals surface area contributed by atoms with Crippen molar-refractivity contribution in [1.29, 1.82) is 0 Å².